The molecule has 0 radical (unpaired) electrons. The van der Waals surface area contributed by atoms with Crippen LogP contribution in [-0.2, 0) is 0 Å². The van der Waals surface area contributed by atoms with Gasteiger partial charge in [-0.3, -0.25) is 0 Å². The quantitative estimate of drug-likeness (QED) is 0.789. The van der Waals surface area contributed by atoms with E-state index in [2.05, 4.69) is 25.3 Å². The van der Waals surface area contributed by atoms with Crippen LogP contribution in [0.2, 0.25) is 0 Å². The second kappa shape index (κ2) is 5.49. The number of hydrogen-bond acceptors (Lipinski definition) is 3. The fraction of sp³-hybridized carbons (Fsp3) is 0.636. The molecule has 0 saturated heterocycles. The van der Waals surface area contributed by atoms with E-state index in [1.807, 2.05) is 0 Å². The molecule has 0 aliphatic carbocycles. The molecule has 1 heterocycles. The lowest BCUT2D eigenvalue weighted by molar-refractivity contribution is 0.0820. The molecule has 80 valence electrons. The van der Waals surface area contributed by atoms with Gasteiger partial charge in [-0.05, 0) is 42.7 Å². The van der Waals surface area contributed by atoms with Crippen LogP contribution in [-0.4, -0.2) is 22.9 Å². The van der Waals surface area contributed by atoms with Crippen molar-refractivity contribution in [1.29, 1.82) is 0 Å². The Morgan fingerprint density at radius 1 is 1.50 bits per heavy atom. The summed E-state index contributed by atoms with van der Waals surface area (Å²) in [5.41, 5.74) is 1.30. The average molecular weight is 214 g/mol. The Bertz CT molecular complexity index is 270. The van der Waals surface area contributed by atoms with Gasteiger partial charge in [0, 0.05) is 4.88 Å². The number of aryl methyl sites for hydroxylation is 1. The van der Waals surface area contributed by atoms with Crippen LogP contribution >= 0.6 is 11.3 Å². The van der Waals surface area contributed by atoms with E-state index in [4.69, 9.17) is 5.11 Å². The van der Waals surface area contributed by atoms with Crippen molar-refractivity contribution in [2.24, 2.45) is 0 Å². The van der Waals surface area contributed by atoms with E-state index < -0.39 is 6.10 Å². The third-order valence-electron chi connectivity index (χ3n) is 2.53. The van der Waals surface area contributed by atoms with Crippen LogP contribution in [0, 0.1) is 6.92 Å². The van der Waals surface area contributed by atoms with Gasteiger partial charge in [0.15, 0.2) is 0 Å². The standard InChI is InChI=1S/C11H18O2S/c1-3-9(6-10(13)7-12)11-8(2)4-5-14-11/h4-5,9-10,12-13H,3,6-7H2,1-2H3. The normalized spacial score (nSPS) is 15.4. The fourth-order valence-electron chi connectivity index (χ4n) is 1.66. The summed E-state index contributed by atoms with van der Waals surface area (Å²) in [6.45, 7) is 4.08. The van der Waals surface area contributed by atoms with Crippen LogP contribution in [0.4, 0.5) is 0 Å². The van der Waals surface area contributed by atoms with Crippen LogP contribution in [0.25, 0.3) is 0 Å². The van der Waals surface area contributed by atoms with Crippen LogP contribution in [0.5, 0.6) is 0 Å². The molecule has 0 saturated carbocycles. The second-order valence-electron chi connectivity index (χ2n) is 3.65. The largest absolute Gasteiger partial charge is 0.394 e. The fourth-order valence-corrected chi connectivity index (χ4v) is 2.79. The Morgan fingerprint density at radius 2 is 2.21 bits per heavy atom. The maximum atomic E-state index is 9.40. The average Bonchev–Trinajstić information content (AvgIpc) is 2.60. The molecule has 2 N–H and O–H groups in total. The first-order valence-electron chi connectivity index (χ1n) is 5.02. The summed E-state index contributed by atoms with van der Waals surface area (Å²) in [4.78, 5) is 1.35. The highest BCUT2D eigenvalue weighted by atomic mass is 32.1. The number of rotatable bonds is 5. The zero-order chi connectivity index (χ0) is 10.6. The van der Waals surface area contributed by atoms with E-state index in [1.165, 1.54) is 10.4 Å². The summed E-state index contributed by atoms with van der Waals surface area (Å²) >= 11 is 1.74. The first-order valence-corrected chi connectivity index (χ1v) is 5.89. The molecule has 1 rings (SSSR count). The van der Waals surface area contributed by atoms with Crippen molar-refractivity contribution in [3.63, 3.8) is 0 Å². The number of aliphatic hydroxyl groups excluding tert-OH is 2. The summed E-state index contributed by atoms with van der Waals surface area (Å²) in [6.07, 6.45) is 1.09. The molecule has 0 amide bonds. The van der Waals surface area contributed by atoms with E-state index >= 15 is 0 Å². The third-order valence-corrected chi connectivity index (χ3v) is 3.71. The van der Waals surface area contributed by atoms with Crippen LogP contribution in [0.15, 0.2) is 11.4 Å². The summed E-state index contributed by atoms with van der Waals surface area (Å²) < 4.78 is 0. The van der Waals surface area contributed by atoms with E-state index in [-0.39, 0.29) is 6.61 Å². The Morgan fingerprint density at radius 3 is 2.64 bits per heavy atom. The molecule has 0 bridgehead atoms. The molecule has 1 aromatic heterocycles. The van der Waals surface area contributed by atoms with Crippen LogP contribution in [0.3, 0.4) is 0 Å². The molecule has 1 aromatic rings. The van der Waals surface area contributed by atoms with Gasteiger partial charge in [-0.2, -0.15) is 0 Å². The van der Waals surface area contributed by atoms with Gasteiger partial charge in [0.2, 0.25) is 0 Å². The van der Waals surface area contributed by atoms with Crippen molar-refractivity contribution in [1.82, 2.24) is 0 Å². The van der Waals surface area contributed by atoms with E-state index in [0.29, 0.717) is 12.3 Å². The molecule has 2 unspecified atom stereocenters. The molecular weight excluding hydrogens is 196 g/mol. The van der Waals surface area contributed by atoms with E-state index in [9.17, 15) is 5.11 Å². The van der Waals surface area contributed by atoms with Gasteiger partial charge < -0.3 is 10.2 Å². The predicted molar refractivity (Wildman–Crippen MR) is 59.8 cm³/mol. The Labute approximate surface area is 89.2 Å². The lowest BCUT2D eigenvalue weighted by Gasteiger charge is -2.17. The molecule has 0 fully saturated rings. The van der Waals surface area contributed by atoms with Gasteiger partial charge in [0.1, 0.15) is 0 Å². The molecule has 3 heteroatoms. The zero-order valence-corrected chi connectivity index (χ0v) is 9.55. The lowest BCUT2D eigenvalue weighted by Crippen LogP contribution is -2.16. The van der Waals surface area contributed by atoms with Crippen LogP contribution in [0.1, 0.15) is 36.1 Å². The van der Waals surface area contributed by atoms with E-state index in [0.717, 1.165) is 6.42 Å². The van der Waals surface area contributed by atoms with Crippen molar-refractivity contribution >= 4 is 11.3 Å². The van der Waals surface area contributed by atoms with Gasteiger partial charge in [-0.15, -0.1) is 11.3 Å². The lowest BCUT2D eigenvalue weighted by atomic mass is 9.95. The van der Waals surface area contributed by atoms with Gasteiger partial charge >= 0.3 is 0 Å². The summed E-state index contributed by atoms with van der Waals surface area (Å²) in [7, 11) is 0. The van der Waals surface area contributed by atoms with Crippen molar-refractivity contribution in [3.8, 4) is 0 Å². The highest BCUT2D eigenvalue weighted by molar-refractivity contribution is 7.10. The molecule has 0 aliphatic rings. The minimum Gasteiger partial charge on any atom is -0.394 e. The first kappa shape index (κ1) is 11.7. The van der Waals surface area contributed by atoms with Crippen molar-refractivity contribution < 1.29 is 10.2 Å². The number of aliphatic hydroxyl groups is 2. The Balaban J connectivity index is 2.67. The molecular formula is C11H18O2S. The molecule has 0 aliphatic heterocycles. The SMILES string of the molecule is CCC(CC(O)CO)c1sccc1C. The molecule has 2 atom stereocenters. The number of thiophene rings is 1. The first-order chi connectivity index (χ1) is 6.69. The maximum absolute atomic E-state index is 9.40. The summed E-state index contributed by atoms with van der Waals surface area (Å²) in [6, 6.07) is 2.11. The highest BCUT2D eigenvalue weighted by Crippen LogP contribution is 2.31. The molecule has 14 heavy (non-hydrogen) atoms. The van der Waals surface area contributed by atoms with Crippen molar-refractivity contribution in [2.45, 2.75) is 38.7 Å². The maximum Gasteiger partial charge on any atom is 0.0777 e. The van der Waals surface area contributed by atoms with Crippen molar-refractivity contribution in [2.75, 3.05) is 6.61 Å². The minimum atomic E-state index is -0.582. The summed E-state index contributed by atoms with van der Waals surface area (Å²) in [5.74, 6) is 0.386. The third kappa shape index (κ3) is 2.80. The monoisotopic (exact) mass is 214 g/mol. The minimum absolute atomic E-state index is 0.138. The predicted octanol–water partition coefficient (Wildman–Crippen LogP) is 2.29. The topological polar surface area (TPSA) is 40.5 Å². The number of hydrogen-bond donors (Lipinski definition) is 2. The smallest absolute Gasteiger partial charge is 0.0777 e. The highest BCUT2D eigenvalue weighted by Gasteiger charge is 2.16. The summed E-state index contributed by atoms with van der Waals surface area (Å²) in [5, 5.41) is 20.3. The zero-order valence-electron chi connectivity index (χ0n) is 8.73. The van der Waals surface area contributed by atoms with Crippen molar-refractivity contribution in [3.05, 3.63) is 21.9 Å². The molecule has 2 nitrogen and oxygen atoms in total. The van der Waals surface area contributed by atoms with Gasteiger partial charge in [-0.25, -0.2) is 0 Å². The van der Waals surface area contributed by atoms with E-state index in [1.54, 1.807) is 11.3 Å². The Kier molecular flexibility index (Phi) is 4.58. The van der Waals surface area contributed by atoms with Gasteiger partial charge in [-0.1, -0.05) is 6.92 Å². The molecule has 0 spiro atoms. The van der Waals surface area contributed by atoms with Gasteiger partial charge in [0.05, 0.1) is 12.7 Å². The second-order valence-corrected chi connectivity index (χ2v) is 4.59. The van der Waals surface area contributed by atoms with Crippen LogP contribution < -0.4 is 0 Å². The molecule has 0 aromatic carbocycles. The van der Waals surface area contributed by atoms with Gasteiger partial charge in [0.25, 0.3) is 0 Å². The Hall–Kier alpha value is -0.380.